The van der Waals surface area contributed by atoms with Gasteiger partial charge in [-0.3, -0.25) is 0 Å². The molecule has 0 nitrogen and oxygen atoms in total. The lowest BCUT2D eigenvalue weighted by atomic mass is 10.0. The number of allylic oxidation sites excluding steroid dienone is 1. The van der Waals surface area contributed by atoms with E-state index in [9.17, 15) is 0 Å². The highest BCUT2D eigenvalue weighted by Gasteiger charge is 1.94. The molecule has 0 saturated carbocycles. The maximum Gasteiger partial charge on any atom is -0.0249 e. The van der Waals surface area contributed by atoms with Gasteiger partial charge in [0.1, 0.15) is 0 Å². The Labute approximate surface area is 64.6 Å². The average molecular weight is 138 g/mol. The molecule has 0 heteroatoms. The second-order valence-corrected chi connectivity index (χ2v) is 2.79. The van der Waals surface area contributed by atoms with Crippen molar-refractivity contribution in [3.8, 4) is 0 Å². The highest BCUT2D eigenvalue weighted by molar-refractivity contribution is 4.82. The van der Waals surface area contributed by atoms with Gasteiger partial charge in [-0.05, 0) is 31.4 Å². The Balaban J connectivity index is 3.38. The molecule has 0 heterocycles. The van der Waals surface area contributed by atoms with Gasteiger partial charge < -0.3 is 0 Å². The van der Waals surface area contributed by atoms with Crippen molar-refractivity contribution in [3.63, 3.8) is 0 Å². The minimum absolute atomic E-state index is 0.831. The predicted molar refractivity (Wildman–Crippen MR) is 47.0 cm³/mol. The monoisotopic (exact) mass is 138 g/mol. The lowest BCUT2D eigenvalue weighted by Crippen LogP contribution is -1.89. The Bertz CT molecular complexity index is 116. The fraction of sp³-hybridized carbons (Fsp3) is 0.700. The van der Waals surface area contributed by atoms with Gasteiger partial charge in [0.05, 0.1) is 0 Å². The van der Waals surface area contributed by atoms with E-state index in [1.54, 1.807) is 0 Å². The Kier molecular flexibility index (Phi) is 6.32. The first-order chi connectivity index (χ1) is 4.81. The van der Waals surface area contributed by atoms with Gasteiger partial charge in [-0.15, -0.1) is 5.73 Å². The van der Waals surface area contributed by atoms with Crippen LogP contribution in [0, 0.1) is 5.92 Å². The van der Waals surface area contributed by atoms with Crippen molar-refractivity contribution in [2.75, 3.05) is 0 Å². The van der Waals surface area contributed by atoms with E-state index >= 15 is 0 Å². The highest BCUT2D eigenvalue weighted by atomic mass is 14.0. The van der Waals surface area contributed by atoms with Gasteiger partial charge in [0, 0.05) is 0 Å². The zero-order valence-corrected chi connectivity index (χ0v) is 7.35. The fourth-order valence-electron chi connectivity index (χ4n) is 0.998. The van der Waals surface area contributed by atoms with Crippen LogP contribution >= 0.6 is 0 Å². The molecule has 58 valence electrons. The van der Waals surface area contributed by atoms with Crippen molar-refractivity contribution in [1.82, 2.24) is 0 Å². The molecule has 0 aliphatic rings. The second-order valence-electron chi connectivity index (χ2n) is 2.79. The highest BCUT2D eigenvalue weighted by Crippen LogP contribution is 2.09. The summed E-state index contributed by atoms with van der Waals surface area (Å²) in [6.45, 7) is 6.52. The summed E-state index contributed by atoms with van der Waals surface area (Å²) in [4.78, 5) is 0. The van der Waals surface area contributed by atoms with Crippen LogP contribution in [0.2, 0.25) is 0 Å². The molecule has 0 aromatic rings. The molecule has 0 aliphatic carbocycles. The molecule has 0 N–H and O–H groups in total. The van der Waals surface area contributed by atoms with Crippen LogP contribution < -0.4 is 0 Å². The first-order valence-electron chi connectivity index (χ1n) is 4.16. The molecule has 0 aromatic carbocycles. The quantitative estimate of drug-likeness (QED) is 0.521. The van der Waals surface area contributed by atoms with Crippen LogP contribution in [0.4, 0.5) is 0 Å². The largest absolute Gasteiger partial charge is 0.130 e. The molecule has 0 bridgehead atoms. The molecule has 10 heavy (non-hydrogen) atoms. The van der Waals surface area contributed by atoms with Gasteiger partial charge in [0.25, 0.3) is 0 Å². The third-order valence-electron chi connectivity index (χ3n) is 1.59. The molecule has 1 atom stereocenters. The zero-order chi connectivity index (χ0) is 7.82. The molecule has 0 spiro atoms. The number of hydrogen-bond acceptors (Lipinski definition) is 0. The fourth-order valence-corrected chi connectivity index (χ4v) is 0.998. The lowest BCUT2D eigenvalue weighted by Gasteiger charge is -2.03. The molecule has 0 aromatic heterocycles. The van der Waals surface area contributed by atoms with Crippen LogP contribution in [0.3, 0.4) is 0 Å². The van der Waals surface area contributed by atoms with Gasteiger partial charge in [-0.1, -0.05) is 26.7 Å². The summed E-state index contributed by atoms with van der Waals surface area (Å²) in [5, 5.41) is 0. The zero-order valence-electron chi connectivity index (χ0n) is 7.35. The van der Waals surface area contributed by atoms with Crippen LogP contribution in [0.1, 0.15) is 40.0 Å². The van der Waals surface area contributed by atoms with Crippen molar-refractivity contribution in [1.29, 1.82) is 0 Å². The van der Waals surface area contributed by atoms with Gasteiger partial charge in [-0.25, -0.2) is 0 Å². The van der Waals surface area contributed by atoms with E-state index in [0.29, 0.717) is 0 Å². The number of rotatable bonds is 4. The van der Waals surface area contributed by atoms with Crippen LogP contribution in [-0.2, 0) is 0 Å². The Hall–Kier alpha value is -0.480. The normalized spacial score (nSPS) is 11.9. The van der Waals surface area contributed by atoms with Crippen molar-refractivity contribution in [2.24, 2.45) is 5.92 Å². The van der Waals surface area contributed by atoms with E-state index in [-0.39, 0.29) is 0 Å². The summed E-state index contributed by atoms with van der Waals surface area (Å²) >= 11 is 0. The van der Waals surface area contributed by atoms with Gasteiger partial charge in [-0.2, -0.15) is 0 Å². The van der Waals surface area contributed by atoms with Gasteiger partial charge >= 0.3 is 0 Å². The first kappa shape index (κ1) is 9.52. The molecule has 0 saturated heterocycles. The van der Waals surface area contributed by atoms with Crippen molar-refractivity contribution in [3.05, 3.63) is 17.9 Å². The van der Waals surface area contributed by atoms with Crippen LogP contribution in [0.5, 0.6) is 0 Å². The summed E-state index contributed by atoms with van der Waals surface area (Å²) in [6.07, 6.45) is 7.89. The van der Waals surface area contributed by atoms with Crippen molar-refractivity contribution < 1.29 is 0 Å². The van der Waals surface area contributed by atoms with Crippen LogP contribution in [-0.4, -0.2) is 0 Å². The Morgan fingerprint density at radius 3 is 2.70 bits per heavy atom. The Morgan fingerprint density at radius 2 is 2.20 bits per heavy atom. The third kappa shape index (κ3) is 5.65. The summed E-state index contributed by atoms with van der Waals surface area (Å²) < 4.78 is 0. The third-order valence-corrected chi connectivity index (χ3v) is 1.59. The van der Waals surface area contributed by atoms with Crippen molar-refractivity contribution in [2.45, 2.75) is 40.0 Å². The van der Waals surface area contributed by atoms with Crippen LogP contribution in [0.15, 0.2) is 17.9 Å². The van der Waals surface area contributed by atoms with Gasteiger partial charge in [0.2, 0.25) is 0 Å². The predicted octanol–water partition coefficient (Wildman–Crippen LogP) is 3.54. The molecular weight excluding hydrogens is 120 g/mol. The molecule has 0 aliphatic heterocycles. The minimum Gasteiger partial charge on any atom is -0.130 e. The average Bonchev–Trinajstić information content (AvgIpc) is 1.89. The summed E-state index contributed by atoms with van der Waals surface area (Å²) in [5.74, 6) is 0.831. The maximum atomic E-state index is 3.09. The minimum atomic E-state index is 0.831. The standard InChI is InChI=1S/C10H18/c1-4-6-7-9-10(3)8-5-2/h4,7,10H,5,8-9H2,1-3H3. The summed E-state index contributed by atoms with van der Waals surface area (Å²) in [5.41, 5.74) is 3.09. The van der Waals surface area contributed by atoms with Gasteiger partial charge in [0.15, 0.2) is 0 Å². The summed E-state index contributed by atoms with van der Waals surface area (Å²) in [6, 6.07) is 0. The topological polar surface area (TPSA) is 0 Å². The SMILES string of the molecule is CC=C=CCC(C)CCC. The van der Waals surface area contributed by atoms with E-state index in [4.69, 9.17) is 0 Å². The second kappa shape index (κ2) is 6.64. The van der Waals surface area contributed by atoms with E-state index in [2.05, 4.69) is 25.7 Å². The lowest BCUT2D eigenvalue weighted by molar-refractivity contribution is 0.532. The van der Waals surface area contributed by atoms with Crippen molar-refractivity contribution >= 4 is 0 Å². The van der Waals surface area contributed by atoms with E-state index in [0.717, 1.165) is 5.92 Å². The van der Waals surface area contributed by atoms with E-state index in [1.165, 1.54) is 19.3 Å². The maximum absolute atomic E-state index is 3.09. The number of hydrogen-bond donors (Lipinski definition) is 0. The molecule has 0 rings (SSSR count). The Morgan fingerprint density at radius 1 is 1.50 bits per heavy atom. The molecule has 0 radical (unpaired) electrons. The first-order valence-corrected chi connectivity index (χ1v) is 4.16. The molecule has 0 amide bonds. The molecular formula is C10H18. The molecule has 0 fully saturated rings. The van der Waals surface area contributed by atoms with Crippen LogP contribution in [0.25, 0.3) is 0 Å². The van der Waals surface area contributed by atoms with E-state index < -0.39 is 0 Å². The summed E-state index contributed by atoms with van der Waals surface area (Å²) in [7, 11) is 0. The molecule has 1 unspecified atom stereocenters. The van der Waals surface area contributed by atoms with E-state index in [1.807, 2.05) is 13.0 Å². The smallest absolute Gasteiger partial charge is 0.0249 e.